The number of nitrogens with one attached hydrogen (secondary N) is 3. The molecule has 0 unspecified atom stereocenters. The van der Waals surface area contributed by atoms with Crippen molar-refractivity contribution in [1.29, 1.82) is 0 Å². The van der Waals surface area contributed by atoms with Gasteiger partial charge in [0.15, 0.2) is 5.65 Å². The number of carbonyl (C=O) groups excluding carboxylic acids is 2. The Balaban J connectivity index is 1.17. The average Bonchev–Trinajstić information content (AvgIpc) is 3.42. The normalized spacial score (nSPS) is 10.9. The van der Waals surface area contributed by atoms with Crippen molar-refractivity contribution >= 4 is 34.9 Å². The van der Waals surface area contributed by atoms with Crippen LogP contribution < -0.4 is 16.2 Å². The molecule has 2 amide bonds. The first-order valence-electron chi connectivity index (χ1n) is 9.58. The van der Waals surface area contributed by atoms with E-state index in [2.05, 4.69) is 41.4 Å². The Hall–Kier alpha value is -4.87. The summed E-state index contributed by atoms with van der Waals surface area (Å²) in [7, 11) is 0. The number of hydrazine groups is 1. The maximum atomic E-state index is 12.2. The molecule has 5 rings (SSSR count). The molecule has 0 aliphatic carbocycles. The lowest BCUT2D eigenvalue weighted by molar-refractivity contribution is -0.135. The third-order valence-electron chi connectivity index (χ3n) is 4.57. The molecular weight excluding hydrogens is 412 g/mol. The van der Waals surface area contributed by atoms with Crippen molar-refractivity contribution in [3.05, 3.63) is 78.5 Å². The Labute approximate surface area is 180 Å². The van der Waals surface area contributed by atoms with Crippen LogP contribution in [0.1, 0.15) is 11.4 Å². The summed E-state index contributed by atoms with van der Waals surface area (Å²) in [6, 6.07) is 14.3. The van der Waals surface area contributed by atoms with Crippen LogP contribution in [-0.4, -0.2) is 46.0 Å². The zero-order valence-electron chi connectivity index (χ0n) is 16.5. The van der Waals surface area contributed by atoms with Crippen LogP contribution in [0.3, 0.4) is 0 Å². The van der Waals surface area contributed by atoms with Gasteiger partial charge in [-0.15, -0.1) is 15.3 Å². The van der Waals surface area contributed by atoms with Crippen LogP contribution >= 0.6 is 0 Å². The summed E-state index contributed by atoms with van der Waals surface area (Å²) >= 11 is 0. The number of benzene rings is 1. The zero-order chi connectivity index (χ0) is 21.9. The lowest BCUT2D eigenvalue weighted by Gasteiger charge is -2.07. The molecule has 0 fully saturated rings. The topological polar surface area (TPSA) is 144 Å². The molecule has 158 valence electrons. The fraction of sp³-hybridized carbons (Fsp3) is 0.0500. The minimum atomic E-state index is -0.879. The first-order chi connectivity index (χ1) is 15.7. The van der Waals surface area contributed by atoms with Gasteiger partial charge in [0, 0.05) is 30.7 Å². The van der Waals surface area contributed by atoms with Crippen molar-refractivity contribution in [2.75, 3.05) is 10.7 Å². The highest BCUT2D eigenvalue weighted by Crippen LogP contribution is 2.13. The Morgan fingerprint density at radius 2 is 1.81 bits per heavy atom. The number of anilines is 2. The van der Waals surface area contributed by atoms with E-state index in [1.807, 2.05) is 34.9 Å². The average molecular weight is 428 g/mol. The molecular formula is C20H16N10O2. The number of aromatic nitrogens is 7. The van der Waals surface area contributed by atoms with Crippen LogP contribution in [0, 0.1) is 0 Å². The van der Waals surface area contributed by atoms with Gasteiger partial charge in [0.05, 0.1) is 0 Å². The zero-order valence-corrected chi connectivity index (χ0v) is 16.5. The first kappa shape index (κ1) is 19.1. The Bertz CT molecular complexity index is 1390. The highest BCUT2D eigenvalue weighted by Gasteiger charge is 2.15. The Kier molecular flexibility index (Phi) is 4.84. The molecule has 5 aromatic rings. The number of pyridine rings is 1. The van der Waals surface area contributed by atoms with Crippen molar-refractivity contribution in [1.82, 2.24) is 39.6 Å². The first-order valence-corrected chi connectivity index (χ1v) is 9.58. The Morgan fingerprint density at radius 3 is 2.66 bits per heavy atom. The summed E-state index contributed by atoms with van der Waals surface area (Å²) in [5.41, 5.74) is 6.84. The van der Waals surface area contributed by atoms with Gasteiger partial charge in [-0.25, -0.2) is 9.50 Å². The number of fused-ring (bicyclic) bond motifs is 2. The van der Waals surface area contributed by atoms with E-state index in [9.17, 15) is 9.59 Å². The molecule has 4 heterocycles. The molecule has 0 radical (unpaired) electrons. The van der Waals surface area contributed by atoms with E-state index in [1.165, 1.54) is 4.52 Å². The van der Waals surface area contributed by atoms with Gasteiger partial charge in [-0.05, 0) is 35.9 Å². The van der Waals surface area contributed by atoms with Gasteiger partial charge in [0.2, 0.25) is 0 Å². The van der Waals surface area contributed by atoms with Gasteiger partial charge in [-0.3, -0.25) is 24.8 Å². The van der Waals surface area contributed by atoms with Crippen molar-refractivity contribution < 1.29 is 9.59 Å². The second kappa shape index (κ2) is 8.10. The predicted octanol–water partition coefficient (Wildman–Crippen LogP) is 0.840. The fourth-order valence-electron chi connectivity index (χ4n) is 3.04. The van der Waals surface area contributed by atoms with Gasteiger partial charge in [-0.1, -0.05) is 18.2 Å². The van der Waals surface area contributed by atoms with E-state index in [1.54, 1.807) is 36.7 Å². The van der Waals surface area contributed by atoms with Crippen LogP contribution in [-0.2, 0) is 16.0 Å². The molecule has 0 aliphatic heterocycles. The quantitative estimate of drug-likeness (QED) is 0.276. The van der Waals surface area contributed by atoms with E-state index >= 15 is 0 Å². The van der Waals surface area contributed by atoms with Crippen molar-refractivity contribution in [3.63, 3.8) is 0 Å². The van der Waals surface area contributed by atoms with Crippen LogP contribution in [0.25, 0.3) is 11.4 Å². The molecule has 12 nitrogen and oxygen atoms in total. The molecule has 3 N–H and O–H groups in total. The molecule has 0 spiro atoms. The van der Waals surface area contributed by atoms with Gasteiger partial charge in [0.25, 0.3) is 11.7 Å². The molecule has 32 heavy (non-hydrogen) atoms. The Morgan fingerprint density at radius 1 is 0.938 bits per heavy atom. The highest BCUT2D eigenvalue weighted by molar-refractivity contribution is 6.39. The number of rotatable bonds is 5. The second-order valence-electron chi connectivity index (χ2n) is 6.75. The van der Waals surface area contributed by atoms with Crippen LogP contribution in [0.4, 0.5) is 11.6 Å². The minimum absolute atomic E-state index is 0.165. The maximum Gasteiger partial charge on any atom is 0.328 e. The minimum Gasteiger partial charge on any atom is -0.318 e. The lowest BCUT2D eigenvalue weighted by Crippen LogP contribution is -2.39. The third-order valence-corrected chi connectivity index (χ3v) is 4.57. The molecule has 12 heteroatoms. The van der Waals surface area contributed by atoms with Gasteiger partial charge in [0.1, 0.15) is 5.82 Å². The third kappa shape index (κ3) is 3.92. The van der Waals surface area contributed by atoms with Gasteiger partial charge in [-0.2, -0.15) is 4.98 Å². The largest absolute Gasteiger partial charge is 0.328 e. The van der Waals surface area contributed by atoms with Crippen LogP contribution in [0.15, 0.2) is 67.1 Å². The number of carbonyl (C=O) groups is 2. The van der Waals surface area contributed by atoms with Crippen LogP contribution in [0.2, 0.25) is 0 Å². The lowest BCUT2D eigenvalue weighted by atomic mass is 10.1. The number of hydrogen-bond donors (Lipinski definition) is 3. The maximum absolute atomic E-state index is 12.2. The summed E-state index contributed by atoms with van der Waals surface area (Å²) < 4.78 is 3.35. The number of amides is 2. The van der Waals surface area contributed by atoms with E-state index in [-0.39, 0.29) is 5.95 Å². The highest BCUT2D eigenvalue weighted by atomic mass is 16.2. The van der Waals surface area contributed by atoms with E-state index in [0.29, 0.717) is 23.5 Å². The molecule has 0 saturated carbocycles. The smallest absolute Gasteiger partial charge is 0.318 e. The van der Waals surface area contributed by atoms with Crippen molar-refractivity contribution in [3.8, 4) is 0 Å². The van der Waals surface area contributed by atoms with E-state index < -0.39 is 11.8 Å². The monoisotopic (exact) mass is 428 g/mol. The molecule has 0 saturated heterocycles. The standard InChI is InChI=1S/C20H16N10O2/c31-17(18(32)25-26-19-23-15-4-1-2-11-30(15)28-19)22-14-7-5-13(6-8-14)12-16-24-27-20-21-9-3-10-29(16)20/h1-11H,12H2,(H,22,31)(H,25,32)(H,26,28). The summed E-state index contributed by atoms with van der Waals surface area (Å²) in [6.07, 6.45) is 5.76. The van der Waals surface area contributed by atoms with Gasteiger partial charge < -0.3 is 5.32 Å². The molecule has 0 aliphatic rings. The SMILES string of the molecule is O=C(NNc1nc2ccccn2n1)C(=O)Nc1ccc(Cc2nnc3ncccn23)cc1. The van der Waals surface area contributed by atoms with E-state index in [0.717, 1.165) is 11.4 Å². The van der Waals surface area contributed by atoms with Crippen molar-refractivity contribution in [2.24, 2.45) is 0 Å². The molecule has 0 bridgehead atoms. The summed E-state index contributed by atoms with van der Waals surface area (Å²) in [6.45, 7) is 0. The van der Waals surface area contributed by atoms with Crippen LogP contribution in [0.5, 0.6) is 0 Å². The predicted molar refractivity (Wildman–Crippen MR) is 113 cm³/mol. The summed E-state index contributed by atoms with van der Waals surface area (Å²) in [4.78, 5) is 32.5. The fourth-order valence-corrected chi connectivity index (χ4v) is 3.04. The van der Waals surface area contributed by atoms with Crippen molar-refractivity contribution in [2.45, 2.75) is 6.42 Å². The molecule has 0 atom stereocenters. The number of hydrogen-bond acceptors (Lipinski definition) is 8. The molecule has 4 aromatic heterocycles. The number of nitrogens with zero attached hydrogens (tertiary/aromatic N) is 7. The summed E-state index contributed by atoms with van der Waals surface area (Å²) in [5.74, 6) is -0.266. The molecule has 1 aromatic carbocycles. The van der Waals surface area contributed by atoms with E-state index in [4.69, 9.17) is 0 Å². The summed E-state index contributed by atoms with van der Waals surface area (Å²) in [5, 5.41) is 14.8. The van der Waals surface area contributed by atoms with Gasteiger partial charge >= 0.3 is 11.8 Å². The second-order valence-corrected chi connectivity index (χ2v) is 6.75.